The molecule has 0 aromatic carbocycles. The largest absolute Gasteiger partial charge is 0.384 e. The molecule has 2 rings (SSSR count). The van der Waals surface area contributed by atoms with Crippen molar-refractivity contribution >= 4 is 11.3 Å². The van der Waals surface area contributed by atoms with Crippen molar-refractivity contribution in [1.82, 2.24) is 4.90 Å². The number of hydrogen-bond acceptors (Lipinski definition) is 4. The van der Waals surface area contributed by atoms with Crippen LogP contribution in [0.2, 0.25) is 0 Å². The van der Waals surface area contributed by atoms with Gasteiger partial charge in [-0.1, -0.05) is 11.8 Å². The van der Waals surface area contributed by atoms with Gasteiger partial charge in [0.2, 0.25) is 0 Å². The van der Waals surface area contributed by atoms with Crippen molar-refractivity contribution in [2.45, 2.75) is 19.6 Å². The summed E-state index contributed by atoms with van der Waals surface area (Å²) in [6.07, 6.45) is 0.331. The Kier molecular flexibility index (Phi) is 4.57. The fourth-order valence-electron chi connectivity index (χ4n) is 1.91. The van der Waals surface area contributed by atoms with Gasteiger partial charge < -0.3 is 9.84 Å². The van der Waals surface area contributed by atoms with Crippen molar-refractivity contribution < 1.29 is 9.84 Å². The lowest BCUT2D eigenvalue weighted by molar-refractivity contribution is -0.0208. The summed E-state index contributed by atoms with van der Waals surface area (Å²) < 4.78 is 5.52. The SMILES string of the molecule is CC1CN(Cc2ccc(C#CCO)s2)CCO1. The Bertz CT molecular complexity index is 419. The average Bonchev–Trinajstić information content (AvgIpc) is 2.74. The Hall–Kier alpha value is -0.860. The van der Waals surface area contributed by atoms with Crippen molar-refractivity contribution in [3.05, 3.63) is 21.9 Å². The van der Waals surface area contributed by atoms with Gasteiger partial charge in [0.1, 0.15) is 6.61 Å². The van der Waals surface area contributed by atoms with Gasteiger partial charge in [0.25, 0.3) is 0 Å². The van der Waals surface area contributed by atoms with E-state index in [9.17, 15) is 0 Å². The zero-order chi connectivity index (χ0) is 12.1. The summed E-state index contributed by atoms with van der Waals surface area (Å²) in [5.41, 5.74) is 0. The van der Waals surface area contributed by atoms with Crippen LogP contribution in [-0.2, 0) is 11.3 Å². The van der Waals surface area contributed by atoms with E-state index in [1.54, 1.807) is 11.3 Å². The molecule has 2 heterocycles. The van der Waals surface area contributed by atoms with Gasteiger partial charge in [-0.3, -0.25) is 4.90 Å². The highest BCUT2D eigenvalue weighted by atomic mass is 32.1. The van der Waals surface area contributed by atoms with E-state index >= 15 is 0 Å². The van der Waals surface area contributed by atoms with Gasteiger partial charge >= 0.3 is 0 Å². The second kappa shape index (κ2) is 6.18. The van der Waals surface area contributed by atoms with E-state index in [2.05, 4.69) is 29.7 Å². The van der Waals surface area contributed by atoms with E-state index in [0.717, 1.165) is 31.1 Å². The quantitative estimate of drug-likeness (QED) is 0.805. The van der Waals surface area contributed by atoms with Crippen LogP contribution in [-0.4, -0.2) is 42.4 Å². The highest BCUT2D eigenvalue weighted by Gasteiger charge is 2.16. The summed E-state index contributed by atoms with van der Waals surface area (Å²) in [6, 6.07) is 4.14. The number of aliphatic hydroxyl groups is 1. The van der Waals surface area contributed by atoms with Crippen molar-refractivity contribution in [2.75, 3.05) is 26.3 Å². The fraction of sp³-hybridized carbons (Fsp3) is 0.538. The van der Waals surface area contributed by atoms with Crippen molar-refractivity contribution in [3.63, 3.8) is 0 Å². The molecule has 0 aliphatic carbocycles. The third-order valence-electron chi connectivity index (χ3n) is 2.66. The molecule has 4 heteroatoms. The van der Waals surface area contributed by atoms with Crippen LogP contribution in [0.3, 0.4) is 0 Å². The number of nitrogens with zero attached hydrogens (tertiary/aromatic N) is 1. The maximum absolute atomic E-state index is 8.63. The summed E-state index contributed by atoms with van der Waals surface area (Å²) in [4.78, 5) is 4.75. The zero-order valence-corrected chi connectivity index (χ0v) is 10.8. The second-order valence-corrected chi connectivity index (χ2v) is 5.31. The topological polar surface area (TPSA) is 32.7 Å². The molecule has 0 saturated carbocycles. The van der Waals surface area contributed by atoms with E-state index < -0.39 is 0 Å². The van der Waals surface area contributed by atoms with Gasteiger partial charge in [-0.05, 0) is 19.1 Å². The molecule has 0 spiro atoms. The van der Waals surface area contributed by atoms with Crippen molar-refractivity contribution in [3.8, 4) is 11.8 Å². The maximum atomic E-state index is 8.63. The van der Waals surface area contributed by atoms with Gasteiger partial charge in [-0.15, -0.1) is 11.3 Å². The van der Waals surface area contributed by atoms with Crippen LogP contribution in [0.25, 0.3) is 0 Å². The summed E-state index contributed by atoms with van der Waals surface area (Å²) in [5, 5.41) is 8.63. The maximum Gasteiger partial charge on any atom is 0.104 e. The standard InChI is InChI=1S/C13H17NO2S/c1-11-9-14(6-8-16-11)10-13-5-4-12(17-13)3-2-7-15/h4-5,11,15H,6-10H2,1H3. The smallest absolute Gasteiger partial charge is 0.104 e. The van der Waals surface area contributed by atoms with Crippen LogP contribution in [0.4, 0.5) is 0 Å². The summed E-state index contributed by atoms with van der Waals surface area (Å²) in [5.74, 6) is 5.61. The monoisotopic (exact) mass is 251 g/mol. The van der Waals surface area contributed by atoms with Gasteiger partial charge in [-0.2, -0.15) is 0 Å². The van der Waals surface area contributed by atoms with E-state index in [4.69, 9.17) is 9.84 Å². The Morgan fingerprint density at radius 2 is 2.47 bits per heavy atom. The minimum absolute atomic E-state index is 0.0752. The average molecular weight is 251 g/mol. The molecule has 1 aromatic rings. The molecule has 92 valence electrons. The van der Waals surface area contributed by atoms with Gasteiger partial charge in [-0.25, -0.2) is 0 Å². The molecule has 1 aliphatic rings. The molecule has 0 amide bonds. The predicted molar refractivity (Wildman–Crippen MR) is 69.0 cm³/mol. The normalized spacial score (nSPS) is 20.9. The Morgan fingerprint density at radius 3 is 3.24 bits per heavy atom. The summed E-state index contributed by atoms with van der Waals surface area (Å²) in [6.45, 7) is 5.82. The van der Waals surface area contributed by atoms with Crippen molar-refractivity contribution in [2.24, 2.45) is 0 Å². The molecule has 1 N–H and O–H groups in total. The van der Waals surface area contributed by atoms with E-state index in [-0.39, 0.29) is 6.61 Å². The number of rotatable bonds is 2. The van der Waals surface area contributed by atoms with Crippen LogP contribution in [0, 0.1) is 11.8 Å². The molecule has 1 unspecified atom stereocenters. The van der Waals surface area contributed by atoms with Gasteiger partial charge in [0.15, 0.2) is 0 Å². The van der Waals surface area contributed by atoms with Crippen molar-refractivity contribution in [1.29, 1.82) is 0 Å². The molecule has 1 atom stereocenters. The number of ether oxygens (including phenoxy) is 1. The molecular formula is C13H17NO2S. The Balaban J connectivity index is 1.92. The zero-order valence-electron chi connectivity index (χ0n) is 9.98. The lowest BCUT2D eigenvalue weighted by atomic mass is 10.3. The second-order valence-electron chi connectivity index (χ2n) is 4.14. The number of morpholine rings is 1. The Labute approximate surface area is 106 Å². The molecule has 1 fully saturated rings. The molecule has 17 heavy (non-hydrogen) atoms. The molecule has 1 saturated heterocycles. The molecular weight excluding hydrogens is 234 g/mol. The third-order valence-corrected chi connectivity index (χ3v) is 3.64. The van der Waals surface area contributed by atoms with Crippen LogP contribution >= 0.6 is 11.3 Å². The molecule has 1 aromatic heterocycles. The minimum atomic E-state index is -0.0752. The number of hydrogen-bond donors (Lipinski definition) is 1. The predicted octanol–water partition coefficient (Wildman–Crippen LogP) is 1.31. The fourth-order valence-corrected chi connectivity index (χ4v) is 2.84. The van der Waals surface area contributed by atoms with E-state index in [0.29, 0.717) is 6.10 Å². The third kappa shape index (κ3) is 3.83. The molecule has 0 bridgehead atoms. The lowest BCUT2D eigenvalue weighted by Gasteiger charge is -2.30. The van der Waals surface area contributed by atoms with Crippen LogP contribution < -0.4 is 0 Å². The first-order valence-electron chi connectivity index (χ1n) is 5.80. The van der Waals surface area contributed by atoms with Gasteiger partial charge in [0.05, 0.1) is 17.6 Å². The summed E-state index contributed by atoms with van der Waals surface area (Å²) in [7, 11) is 0. The summed E-state index contributed by atoms with van der Waals surface area (Å²) >= 11 is 1.70. The molecule has 0 radical (unpaired) electrons. The lowest BCUT2D eigenvalue weighted by Crippen LogP contribution is -2.40. The highest BCUT2D eigenvalue weighted by Crippen LogP contribution is 2.18. The first-order valence-corrected chi connectivity index (χ1v) is 6.62. The van der Waals surface area contributed by atoms with Crippen LogP contribution in [0.1, 0.15) is 16.7 Å². The molecule has 1 aliphatic heterocycles. The Morgan fingerprint density at radius 1 is 1.59 bits per heavy atom. The van der Waals surface area contributed by atoms with E-state index in [1.165, 1.54) is 4.88 Å². The van der Waals surface area contributed by atoms with Crippen LogP contribution in [0.15, 0.2) is 12.1 Å². The first-order chi connectivity index (χ1) is 8.28. The minimum Gasteiger partial charge on any atom is -0.384 e. The molecule has 3 nitrogen and oxygen atoms in total. The highest BCUT2D eigenvalue weighted by molar-refractivity contribution is 7.12. The number of aliphatic hydroxyl groups excluding tert-OH is 1. The number of thiophene rings is 1. The van der Waals surface area contributed by atoms with Gasteiger partial charge in [0, 0.05) is 24.5 Å². The first kappa shape index (κ1) is 12.6. The van der Waals surface area contributed by atoms with E-state index in [1.807, 2.05) is 6.07 Å². The van der Waals surface area contributed by atoms with Crippen LogP contribution in [0.5, 0.6) is 0 Å².